The number of nitrogens with two attached hydrogens (primary N) is 1. The van der Waals surface area contributed by atoms with Gasteiger partial charge in [0, 0.05) is 0 Å². The average molecular weight is 277 g/mol. The minimum Gasteiger partial charge on any atom is -0.492 e. The summed E-state index contributed by atoms with van der Waals surface area (Å²) in [5.74, 6) is 0.858. The highest BCUT2D eigenvalue weighted by Crippen LogP contribution is 2.20. The molecular weight excluding hydrogens is 258 g/mol. The highest BCUT2D eigenvalue weighted by Gasteiger charge is 2.07. The highest BCUT2D eigenvalue weighted by molar-refractivity contribution is 5.83. The van der Waals surface area contributed by atoms with Crippen LogP contribution in [-0.4, -0.2) is 6.61 Å². The molecule has 1 unspecified atom stereocenters. The van der Waals surface area contributed by atoms with E-state index in [1.54, 1.807) is 0 Å². The van der Waals surface area contributed by atoms with Crippen molar-refractivity contribution >= 4 is 10.8 Å². The Morgan fingerprint density at radius 2 is 1.62 bits per heavy atom. The van der Waals surface area contributed by atoms with Gasteiger partial charge in [0.1, 0.15) is 12.4 Å². The predicted molar refractivity (Wildman–Crippen MR) is 87.6 cm³/mol. The number of aryl methyl sites for hydroxylation is 1. The summed E-state index contributed by atoms with van der Waals surface area (Å²) in [6.45, 7) is 2.53. The van der Waals surface area contributed by atoms with Gasteiger partial charge in [-0.3, -0.25) is 0 Å². The molecule has 21 heavy (non-hydrogen) atoms. The van der Waals surface area contributed by atoms with Crippen LogP contribution >= 0.6 is 0 Å². The van der Waals surface area contributed by atoms with E-state index in [-0.39, 0.29) is 6.04 Å². The monoisotopic (exact) mass is 277 g/mol. The third-order valence-electron chi connectivity index (χ3n) is 3.65. The number of rotatable bonds is 4. The van der Waals surface area contributed by atoms with E-state index in [1.165, 1.54) is 16.3 Å². The number of fused-ring (bicyclic) bond motifs is 1. The van der Waals surface area contributed by atoms with E-state index in [2.05, 4.69) is 37.3 Å². The van der Waals surface area contributed by atoms with E-state index < -0.39 is 0 Å². The van der Waals surface area contributed by atoms with Crippen molar-refractivity contribution in [3.05, 3.63) is 77.9 Å². The van der Waals surface area contributed by atoms with Gasteiger partial charge in [0.05, 0.1) is 6.04 Å². The largest absolute Gasteiger partial charge is 0.492 e. The van der Waals surface area contributed by atoms with Crippen LogP contribution in [0.25, 0.3) is 10.8 Å². The molecule has 0 radical (unpaired) electrons. The fraction of sp³-hybridized carbons (Fsp3) is 0.158. The lowest BCUT2D eigenvalue weighted by Gasteiger charge is -2.14. The van der Waals surface area contributed by atoms with Crippen LogP contribution in [0, 0.1) is 6.92 Å². The lowest BCUT2D eigenvalue weighted by atomic mass is 10.0. The Labute approximate surface area is 125 Å². The molecule has 3 rings (SSSR count). The summed E-state index contributed by atoms with van der Waals surface area (Å²) in [6, 6.07) is 22.5. The fourth-order valence-corrected chi connectivity index (χ4v) is 2.36. The Morgan fingerprint density at radius 1 is 0.905 bits per heavy atom. The molecule has 0 aliphatic heterocycles. The van der Waals surface area contributed by atoms with Crippen molar-refractivity contribution in [2.75, 3.05) is 6.61 Å². The fourth-order valence-electron chi connectivity index (χ4n) is 2.36. The summed E-state index contributed by atoms with van der Waals surface area (Å²) >= 11 is 0. The summed E-state index contributed by atoms with van der Waals surface area (Å²) in [5.41, 5.74) is 8.56. The maximum atomic E-state index is 6.24. The van der Waals surface area contributed by atoms with Crippen LogP contribution in [0.15, 0.2) is 66.7 Å². The summed E-state index contributed by atoms with van der Waals surface area (Å²) < 4.78 is 5.76. The summed E-state index contributed by atoms with van der Waals surface area (Å²) in [4.78, 5) is 0. The van der Waals surface area contributed by atoms with Gasteiger partial charge in [0.25, 0.3) is 0 Å². The molecule has 2 nitrogen and oxygen atoms in total. The van der Waals surface area contributed by atoms with Crippen LogP contribution < -0.4 is 10.5 Å². The molecule has 0 saturated heterocycles. The Bertz CT molecular complexity index is 734. The minimum atomic E-state index is -0.129. The van der Waals surface area contributed by atoms with E-state index in [0.29, 0.717) is 6.61 Å². The Balaban J connectivity index is 1.71. The van der Waals surface area contributed by atoms with Crippen LogP contribution in [0.3, 0.4) is 0 Å². The first kappa shape index (κ1) is 13.7. The quantitative estimate of drug-likeness (QED) is 0.774. The van der Waals surface area contributed by atoms with Crippen molar-refractivity contribution in [3.63, 3.8) is 0 Å². The van der Waals surface area contributed by atoms with Gasteiger partial charge in [-0.15, -0.1) is 0 Å². The number of hydrogen-bond donors (Lipinski definition) is 1. The van der Waals surface area contributed by atoms with Crippen LogP contribution in [0.1, 0.15) is 17.2 Å². The standard InChI is InChI=1S/C19H19NO/c1-14-6-10-18(11-7-14)21-13-19(20)17-9-8-15-4-2-3-5-16(15)12-17/h2-12,19H,13,20H2,1H3. The molecule has 0 aliphatic rings. The normalized spacial score (nSPS) is 12.3. The first-order chi connectivity index (χ1) is 10.2. The van der Waals surface area contributed by atoms with Gasteiger partial charge in [-0.1, -0.05) is 54.1 Å². The molecule has 106 valence electrons. The molecule has 0 spiro atoms. The molecule has 0 fully saturated rings. The molecule has 3 aromatic rings. The lowest BCUT2D eigenvalue weighted by Crippen LogP contribution is -2.18. The van der Waals surface area contributed by atoms with Gasteiger partial charge in [0.15, 0.2) is 0 Å². The second-order valence-corrected chi connectivity index (χ2v) is 5.34. The molecule has 0 aliphatic carbocycles. The molecule has 0 aromatic heterocycles. The van der Waals surface area contributed by atoms with Crippen LogP contribution in [-0.2, 0) is 0 Å². The second-order valence-electron chi connectivity index (χ2n) is 5.34. The molecule has 0 heterocycles. The number of benzene rings is 3. The van der Waals surface area contributed by atoms with Gasteiger partial charge >= 0.3 is 0 Å². The topological polar surface area (TPSA) is 35.2 Å². The zero-order valence-electron chi connectivity index (χ0n) is 12.1. The van der Waals surface area contributed by atoms with E-state index in [1.807, 2.05) is 36.4 Å². The van der Waals surface area contributed by atoms with Gasteiger partial charge in [-0.2, -0.15) is 0 Å². The first-order valence-corrected chi connectivity index (χ1v) is 7.16. The van der Waals surface area contributed by atoms with Crippen LogP contribution in [0.4, 0.5) is 0 Å². The maximum Gasteiger partial charge on any atom is 0.119 e. The molecule has 0 saturated carbocycles. The minimum absolute atomic E-state index is 0.129. The van der Waals surface area contributed by atoms with Crippen molar-refractivity contribution in [2.24, 2.45) is 5.73 Å². The molecular formula is C19H19NO. The van der Waals surface area contributed by atoms with E-state index in [0.717, 1.165) is 11.3 Å². The van der Waals surface area contributed by atoms with E-state index in [9.17, 15) is 0 Å². The van der Waals surface area contributed by atoms with Crippen molar-refractivity contribution < 1.29 is 4.74 Å². The van der Waals surface area contributed by atoms with Crippen molar-refractivity contribution in [3.8, 4) is 5.75 Å². The van der Waals surface area contributed by atoms with Crippen LogP contribution in [0.2, 0.25) is 0 Å². The van der Waals surface area contributed by atoms with Crippen LogP contribution in [0.5, 0.6) is 5.75 Å². The van der Waals surface area contributed by atoms with Gasteiger partial charge in [-0.05, 0) is 41.5 Å². The van der Waals surface area contributed by atoms with Crippen molar-refractivity contribution in [1.29, 1.82) is 0 Å². The number of hydrogen-bond acceptors (Lipinski definition) is 2. The maximum absolute atomic E-state index is 6.24. The van der Waals surface area contributed by atoms with E-state index >= 15 is 0 Å². The third-order valence-corrected chi connectivity index (χ3v) is 3.65. The average Bonchev–Trinajstić information content (AvgIpc) is 2.53. The Kier molecular flexibility index (Phi) is 3.89. The molecule has 1 atom stereocenters. The van der Waals surface area contributed by atoms with Gasteiger partial charge < -0.3 is 10.5 Å². The predicted octanol–water partition coefficient (Wildman–Crippen LogP) is 4.23. The SMILES string of the molecule is Cc1ccc(OCC(N)c2ccc3ccccc3c2)cc1. The number of ether oxygens (including phenoxy) is 1. The molecule has 0 bridgehead atoms. The first-order valence-electron chi connectivity index (χ1n) is 7.16. The van der Waals surface area contributed by atoms with E-state index in [4.69, 9.17) is 10.5 Å². The second kappa shape index (κ2) is 5.98. The summed E-state index contributed by atoms with van der Waals surface area (Å²) in [6.07, 6.45) is 0. The van der Waals surface area contributed by atoms with Crippen molar-refractivity contribution in [2.45, 2.75) is 13.0 Å². The molecule has 3 aromatic carbocycles. The zero-order valence-corrected chi connectivity index (χ0v) is 12.1. The molecule has 0 amide bonds. The highest BCUT2D eigenvalue weighted by atomic mass is 16.5. The van der Waals surface area contributed by atoms with Crippen molar-refractivity contribution in [1.82, 2.24) is 0 Å². The molecule has 2 heteroatoms. The van der Waals surface area contributed by atoms with Gasteiger partial charge in [0.2, 0.25) is 0 Å². The lowest BCUT2D eigenvalue weighted by molar-refractivity contribution is 0.290. The summed E-state index contributed by atoms with van der Waals surface area (Å²) in [7, 11) is 0. The Hall–Kier alpha value is -2.32. The zero-order chi connectivity index (χ0) is 14.7. The summed E-state index contributed by atoms with van der Waals surface area (Å²) in [5, 5.41) is 2.44. The van der Waals surface area contributed by atoms with Gasteiger partial charge in [-0.25, -0.2) is 0 Å². The smallest absolute Gasteiger partial charge is 0.119 e. The third kappa shape index (κ3) is 3.23. The Morgan fingerprint density at radius 3 is 2.38 bits per heavy atom. The molecule has 2 N–H and O–H groups in total.